The molecule has 2 aliphatic rings. The molecule has 6 nitrogen and oxygen atoms in total. The fourth-order valence-corrected chi connectivity index (χ4v) is 7.82. The molecule has 0 spiro atoms. The van der Waals surface area contributed by atoms with Crippen molar-refractivity contribution < 1.29 is 18.7 Å². The molecule has 6 heteroatoms. The Bertz CT molecular complexity index is 2050. The second-order valence-electron chi connectivity index (χ2n) is 17.2. The van der Waals surface area contributed by atoms with Crippen LogP contribution in [0.3, 0.4) is 0 Å². The van der Waals surface area contributed by atoms with Crippen LogP contribution in [0.25, 0.3) is 0 Å². The number of Topliss-reactive ketones (excluding diaryl/α,β-unsaturated/α-hetero) is 2. The number of nitrogens with zero attached hydrogens (tertiary/aromatic N) is 2. The standard InChI is InChI=1S/C52H66N4O2/c1-37(19-13-21-39(3)25-27-45-41(5)49(57)47(31-51(45,7)8)55-29-15-23-43(33-53)35-55)17-11-12-18-38(2)20-14-22-40(4)26-28-46-42(6)50(58)48(32-52(46,9)10)56-30-16-24-44(34-54)36-56/h11-30,35-36,47-48H,31-34,53-54H2,1-10H3/q+2/b12-11+,19-13+,20-14+,27-25+,28-26+,37-17+,38-18+,39-21+,40-22+. The lowest BCUT2D eigenvalue weighted by atomic mass is 9.70. The van der Waals surface area contributed by atoms with E-state index in [1.54, 1.807) is 0 Å². The van der Waals surface area contributed by atoms with Crippen LogP contribution in [-0.4, -0.2) is 11.6 Å². The molecule has 0 aliphatic heterocycles. The third-order valence-electron chi connectivity index (χ3n) is 11.3. The van der Waals surface area contributed by atoms with E-state index < -0.39 is 0 Å². The van der Waals surface area contributed by atoms with Gasteiger partial charge in [0.1, 0.15) is 0 Å². The summed E-state index contributed by atoms with van der Waals surface area (Å²) in [5.74, 6) is 0.328. The summed E-state index contributed by atoms with van der Waals surface area (Å²) in [7, 11) is 0. The van der Waals surface area contributed by atoms with E-state index in [4.69, 9.17) is 11.5 Å². The van der Waals surface area contributed by atoms with Crippen LogP contribution in [0.4, 0.5) is 0 Å². The normalized spacial score (nSPS) is 21.4. The van der Waals surface area contributed by atoms with Crippen LogP contribution in [-0.2, 0) is 22.7 Å². The first-order valence-electron chi connectivity index (χ1n) is 20.5. The average Bonchev–Trinajstić information content (AvgIpc) is 3.19. The molecule has 4 rings (SSSR count). The maximum Gasteiger partial charge on any atom is 0.226 e. The average molecular weight is 779 g/mol. The number of hydrogen-bond donors (Lipinski definition) is 2. The Hall–Kier alpha value is -5.30. The Balaban J connectivity index is 1.31. The Morgan fingerprint density at radius 1 is 0.603 bits per heavy atom. The molecule has 2 aliphatic carbocycles. The Morgan fingerprint density at radius 2 is 0.948 bits per heavy atom. The molecular formula is C52H66N4O2+2. The maximum atomic E-state index is 13.5. The molecule has 0 radical (unpaired) electrons. The van der Waals surface area contributed by atoms with Crippen molar-refractivity contribution in [3.63, 3.8) is 0 Å². The first-order valence-corrected chi connectivity index (χ1v) is 20.5. The lowest BCUT2D eigenvalue weighted by Crippen LogP contribution is -2.49. The van der Waals surface area contributed by atoms with E-state index in [0.29, 0.717) is 13.1 Å². The van der Waals surface area contributed by atoms with Gasteiger partial charge < -0.3 is 11.5 Å². The number of allylic oxidation sites excluding steroid dienone is 22. The fraction of sp³-hybridized carbons (Fsp3) is 0.346. The van der Waals surface area contributed by atoms with Gasteiger partial charge in [-0.15, -0.1) is 0 Å². The van der Waals surface area contributed by atoms with Crippen molar-refractivity contribution in [2.24, 2.45) is 22.3 Å². The van der Waals surface area contributed by atoms with Gasteiger partial charge in [-0.3, -0.25) is 9.59 Å². The van der Waals surface area contributed by atoms with Crippen LogP contribution in [0.5, 0.6) is 0 Å². The minimum absolute atomic E-state index is 0.153. The molecule has 0 amide bonds. The van der Waals surface area contributed by atoms with Crippen molar-refractivity contribution in [1.82, 2.24) is 0 Å². The van der Waals surface area contributed by atoms with Gasteiger partial charge in [-0.05, 0) is 75.7 Å². The Labute approximate surface area is 348 Å². The molecular weight excluding hydrogens is 713 g/mol. The fourth-order valence-electron chi connectivity index (χ4n) is 7.82. The Kier molecular flexibility index (Phi) is 16.0. The largest absolute Gasteiger partial charge is 0.326 e. The SMILES string of the molecule is CC1=C(/C=C/C(C)=C/C=C/C(C)=C/C=C/C=C(C)/C=C/C=C(C)/C=C/C2=C(C)C(=O)C([n+]3cccc(CN)c3)CC2(C)C)C(C)(C)CC([n+]2cccc(CN)c2)C1=O. The van der Waals surface area contributed by atoms with E-state index >= 15 is 0 Å². The molecule has 58 heavy (non-hydrogen) atoms. The van der Waals surface area contributed by atoms with Crippen LogP contribution in [0.1, 0.15) is 105 Å². The number of rotatable bonds is 14. The van der Waals surface area contributed by atoms with Gasteiger partial charge in [-0.25, -0.2) is 0 Å². The highest BCUT2D eigenvalue weighted by atomic mass is 16.1. The smallest absolute Gasteiger partial charge is 0.226 e. The van der Waals surface area contributed by atoms with Gasteiger partial charge >= 0.3 is 0 Å². The van der Waals surface area contributed by atoms with Crippen LogP contribution in [0, 0.1) is 10.8 Å². The number of aromatic nitrogens is 2. The molecule has 0 fully saturated rings. The van der Waals surface area contributed by atoms with Crippen LogP contribution in [0.2, 0.25) is 0 Å². The summed E-state index contributed by atoms with van der Waals surface area (Å²) in [5, 5.41) is 0. The summed E-state index contributed by atoms with van der Waals surface area (Å²) >= 11 is 0. The number of hydrogen-bond acceptors (Lipinski definition) is 4. The van der Waals surface area contributed by atoms with Gasteiger partial charge in [0.05, 0.1) is 0 Å². The summed E-state index contributed by atoms with van der Waals surface area (Å²) in [6.07, 6.45) is 38.6. The number of pyridine rings is 2. The van der Waals surface area contributed by atoms with E-state index in [1.807, 2.05) is 84.2 Å². The highest BCUT2D eigenvalue weighted by Crippen LogP contribution is 2.43. The number of carbonyl (C=O) groups is 2. The van der Waals surface area contributed by atoms with Gasteiger partial charge in [0.15, 0.2) is 24.8 Å². The molecule has 2 atom stereocenters. The summed E-state index contributed by atoms with van der Waals surface area (Å²) < 4.78 is 4.04. The topological polar surface area (TPSA) is 93.9 Å². The van der Waals surface area contributed by atoms with Crippen molar-refractivity contribution in [2.45, 2.75) is 107 Å². The molecule has 2 aromatic heterocycles. The number of ketones is 2. The predicted octanol–water partition coefficient (Wildman–Crippen LogP) is 10.2. The zero-order chi connectivity index (χ0) is 42.6. The molecule has 0 bridgehead atoms. The summed E-state index contributed by atoms with van der Waals surface area (Å²) in [5.41, 5.74) is 21.8. The summed E-state index contributed by atoms with van der Waals surface area (Å²) in [4.78, 5) is 27.0. The van der Waals surface area contributed by atoms with Crippen molar-refractivity contribution in [2.75, 3.05) is 0 Å². The van der Waals surface area contributed by atoms with Crippen molar-refractivity contribution in [3.8, 4) is 0 Å². The number of nitrogens with two attached hydrogens (primary N) is 2. The van der Waals surface area contributed by atoms with Crippen LogP contribution < -0.4 is 20.6 Å². The van der Waals surface area contributed by atoms with Crippen molar-refractivity contribution in [1.29, 1.82) is 0 Å². The zero-order valence-electron chi connectivity index (χ0n) is 36.6. The molecule has 0 aromatic carbocycles. The summed E-state index contributed by atoms with van der Waals surface area (Å²) in [6.45, 7) is 22.0. The second kappa shape index (κ2) is 20.4. The predicted molar refractivity (Wildman–Crippen MR) is 240 cm³/mol. The minimum Gasteiger partial charge on any atom is -0.326 e. The summed E-state index contributed by atoms with van der Waals surface area (Å²) in [6, 6.07) is 7.46. The quantitative estimate of drug-likeness (QED) is 0.148. The molecule has 2 aromatic rings. The second-order valence-corrected chi connectivity index (χ2v) is 17.2. The van der Waals surface area contributed by atoms with E-state index in [2.05, 4.69) is 128 Å². The van der Waals surface area contributed by atoms with Gasteiger partial charge in [0.2, 0.25) is 23.7 Å². The monoisotopic (exact) mass is 779 g/mol. The van der Waals surface area contributed by atoms with Crippen LogP contribution >= 0.6 is 0 Å². The molecule has 4 N–H and O–H groups in total. The highest BCUT2D eigenvalue weighted by Gasteiger charge is 2.44. The van der Waals surface area contributed by atoms with Gasteiger partial charge in [0.25, 0.3) is 0 Å². The minimum atomic E-state index is -0.226. The third-order valence-corrected chi connectivity index (χ3v) is 11.3. The van der Waals surface area contributed by atoms with E-state index in [1.165, 1.54) is 0 Å². The molecule has 304 valence electrons. The molecule has 2 unspecified atom stereocenters. The third kappa shape index (κ3) is 12.1. The van der Waals surface area contributed by atoms with Gasteiger partial charge in [0, 0.05) is 60.3 Å². The van der Waals surface area contributed by atoms with Crippen molar-refractivity contribution in [3.05, 3.63) is 190 Å². The molecule has 0 saturated carbocycles. The van der Waals surface area contributed by atoms with E-state index in [-0.39, 0.29) is 34.5 Å². The molecule has 2 heterocycles. The lowest BCUT2D eigenvalue weighted by Gasteiger charge is -2.34. The molecule has 0 saturated heterocycles. The van der Waals surface area contributed by atoms with E-state index in [9.17, 15) is 9.59 Å². The van der Waals surface area contributed by atoms with Crippen molar-refractivity contribution >= 4 is 11.6 Å². The first-order chi connectivity index (χ1) is 27.5. The Morgan fingerprint density at radius 3 is 1.31 bits per heavy atom. The van der Waals surface area contributed by atoms with Gasteiger partial charge in [-0.1, -0.05) is 135 Å². The van der Waals surface area contributed by atoms with Crippen LogP contribution in [0.15, 0.2) is 179 Å². The van der Waals surface area contributed by atoms with Gasteiger partial charge in [-0.2, -0.15) is 9.13 Å². The number of carbonyl (C=O) groups excluding carboxylic acids is 2. The lowest BCUT2D eigenvalue weighted by molar-refractivity contribution is -0.711. The highest BCUT2D eigenvalue weighted by molar-refractivity contribution is 5.99. The maximum absolute atomic E-state index is 13.5. The zero-order valence-corrected chi connectivity index (χ0v) is 36.6. The first kappa shape index (κ1) is 45.4. The van der Waals surface area contributed by atoms with E-state index in [0.717, 1.165) is 68.6 Å².